The molecule has 4 aliphatic carbocycles. The van der Waals surface area contributed by atoms with Gasteiger partial charge in [0, 0.05) is 6.54 Å². The number of rotatable bonds is 3. The van der Waals surface area contributed by atoms with E-state index in [1.54, 1.807) is 5.57 Å². The number of hydrogen-bond donors (Lipinski definition) is 1. The molecule has 0 unspecified atom stereocenters. The van der Waals surface area contributed by atoms with Crippen LogP contribution in [0.15, 0.2) is 12.2 Å². The summed E-state index contributed by atoms with van der Waals surface area (Å²) in [6, 6.07) is 0. The minimum atomic E-state index is -0.387. The fraction of sp³-hybridized carbons (Fsp3) is 0.926. The van der Waals surface area contributed by atoms with Crippen LogP contribution in [0.3, 0.4) is 0 Å². The SMILES string of the molecule is C=C(CN1CCCCC1)[C@H]1CC[C@H]2[C@@H]3CC[C@H]4C[C@](C)(O)CC[C@@H]4[C@H]3CC[C@]12C. The first-order valence-electron chi connectivity index (χ1n) is 13.0. The third kappa shape index (κ3) is 3.65. The van der Waals surface area contributed by atoms with Gasteiger partial charge in [-0.2, -0.15) is 0 Å². The fourth-order valence-electron chi connectivity index (χ4n) is 9.27. The topological polar surface area (TPSA) is 23.5 Å². The quantitative estimate of drug-likeness (QED) is 0.584. The molecule has 5 fully saturated rings. The van der Waals surface area contributed by atoms with E-state index in [4.69, 9.17) is 0 Å². The van der Waals surface area contributed by atoms with Crippen molar-refractivity contribution in [3.8, 4) is 0 Å². The van der Waals surface area contributed by atoms with Crippen molar-refractivity contribution in [2.75, 3.05) is 19.6 Å². The van der Waals surface area contributed by atoms with Crippen LogP contribution < -0.4 is 0 Å². The van der Waals surface area contributed by atoms with Gasteiger partial charge in [0.2, 0.25) is 0 Å². The molecule has 0 bridgehead atoms. The summed E-state index contributed by atoms with van der Waals surface area (Å²) < 4.78 is 0. The lowest BCUT2D eigenvalue weighted by atomic mass is 9.49. The van der Waals surface area contributed by atoms with Gasteiger partial charge in [-0.3, -0.25) is 4.90 Å². The van der Waals surface area contributed by atoms with Crippen LogP contribution in [0.2, 0.25) is 0 Å². The molecule has 5 aliphatic rings. The van der Waals surface area contributed by atoms with Crippen LogP contribution in [0.4, 0.5) is 0 Å². The second-order valence-corrected chi connectivity index (χ2v) is 12.3. The molecule has 1 aliphatic heterocycles. The lowest BCUT2D eigenvalue weighted by Crippen LogP contribution is -2.50. The van der Waals surface area contributed by atoms with Gasteiger partial charge in [0.05, 0.1) is 5.60 Å². The van der Waals surface area contributed by atoms with E-state index in [0.29, 0.717) is 5.41 Å². The smallest absolute Gasteiger partial charge is 0.0622 e. The average Bonchev–Trinajstić information content (AvgIpc) is 3.05. The highest BCUT2D eigenvalue weighted by molar-refractivity contribution is 5.16. The Labute approximate surface area is 179 Å². The first kappa shape index (κ1) is 20.6. The van der Waals surface area contributed by atoms with E-state index in [-0.39, 0.29) is 5.60 Å². The molecule has 1 saturated heterocycles. The highest BCUT2D eigenvalue weighted by Crippen LogP contribution is 2.65. The van der Waals surface area contributed by atoms with Crippen molar-refractivity contribution < 1.29 is 5.11 Å². The average molecular weight is 400 g/mol. The fourth-order valence-corrected chi connectivity index (χ4v) is 9.27. The van der Waals surface area contributed by atoms with Crippen LogP contribution in [-0.2, 0) is 0 Å². The van der Waals surface area contributed by atoms with Gasteiger partial charge in [-0.1, -0.05) is 25.5 Å². The van der Waals surface area contributed by atoms with Crippen molar-refractivity contribution in [2.24, 2.45) is 40.9 Å². The van der Waals surface area contributed by atoms with Gasteiger partial charge in [0.25, 0.3) is 0 Å². The molecule has 0 aromatic heterocycles. The number of piperidine rings is 1. The zero-order valence-corrected chi connectivity index (χ0v) is 19.2. The van der Waals surface area contributed by atoms with E-state index in [1.807, 2.05) is 0 Å². The van der Waals surface area contributed by atoms with E-state index in [2.05, 4.69) is 25.3 Å². The summed E-state index contributed by atoms with van der Waals surface area (Å²) in [6.07, 6.45) is 16.1. The van der Waals surface area contributed by atoms with E-state index in [9.17, 15) is 5.11 Å². The monoisotopic (exact) mass is 399 g/mol. The Balaban J connectivity index is 1.28. The van der Waals surface area contributed by atoms with Gasteiger partial charge in [-0.25, -0.2) is 0 Å². The molecule has 0 aromatic carbocycles. The highest BCUT2D eigenvalue weighted by Gasteiger charge is 2.57. The predicted octanol–water partition coefficient (Wildman–Crippen LogP) is 6.05. The van der Waals surface area contributed by atoms with Gasteiger partial charge in [0.1, 0.15) is 0 Å². The number of hydrogen-bond acceptors (Lipinski definition) is 2. The van der Waals surface area contributed by atoms with Crippen molar-refractivity contribution in [3.63, 3.8) is 0 Å². The van der Waals surface area contributed by atoms with Crippen molar-refractivity contribution in [3.05, 3.63) is 12.2 Å². The molecule has 1 heterocycles. The second kappa shape index (κ2) is 7.66. The summed E-state index contributed by atoms with van der Waals surface area (Å²) in [5.74, 6) is 5.33. The molecule has 8 atom stereocenters. The van der Waals surface area contributed by atoms with Crippen LogP contribution in [0.25, 0.3) is 0 Å². The zero-order chi connectivity index (χ0) is 20.2. The van der Waals surface area contributed by atoms with Crippen molar-refractivity contribution in [2.45, 2.75) is 96.5 Å². The van der Waals surface area contributed by atoms with Gasteiger partial charge < -0.3 is 5.11 Å². The second-order valence-electron chi connectivity index (χ2n) is 12.3. The Morgan fingerprint density at radius 2 is 1.66 bits per heavy atom. The Bertz CT molecular complexity index is 620. The molecule has 2 heteroatoms. The minimum Gasteiger partial charge on any atom is -0.390 e. The lowest BCUT2D eigenvalue weighted by Gasteiger charge is -2.57. The summed E-state index contributed by atoms with van der Waals surface area (Å²) in [6.45, 7) is 13.2. The highest BCUT2D eigenvalue weighted by atomic mass is 16.3. The number of aliphatic hydroxyl groups is 1. The molecule has 1 N–H and O–H groups in total. The summed E-state index contributed by atoms with van der Waals surface area (Å²) in [7, 11) is 0. The minimum absolute atomic E-state index is 0.387. The van der Waals surface area contributed by atoms with Crippen LogP contribution in [0, 0.1) is 40.9 Å². The molecule has 0 radical (unpaired) electrons. The van der Waals surface area contributed by atoms with E-state index in [1.165, 1.54) is 83.8 Å². The van der Waals surface area contributed by atoms with Crippen LogP contribution >= 0.6 is 0 Å². The predicted molar refractivity (Wildman–Crippen MR) is 121 cm³/mol. The maximum atomic E-state index is 10.6. The molecule has 5 rings (SSSR count). The molecule has 4 saturated carbocycles. The Morgan fingerprint density at radius 1 is 0.897 bits per heavy atom. The van der Waals surface area contributed by atoms with Gasteiger partial charge in [-0.15, -0.1) is 0 Å². The third-order valence-corrected chi connectivity index (χ3v) is 10.6. The van der Waals surface area contributed by atoms with E-state index < -0.39 is 0 Å². The Morgan fingerprint density at radius 3 is 2.45 bits per heavy atom. The van der Waals surface area contributed by atoms with Crippen LogP contribution in [0.5, 0.6) is 0 Å². The molecule has 0 spiro atoms. The number of fused-ring (bicyclic) bond motifs is 5. The third-order valence-electron chi connectivity index (χ3n) is 10.6. The Hall–Kier alpha value is -0.340. The van der Waals surface area contributed by atoms with E-state index in [0.717, 1.165) is 48.3 Å². The largest absolute Gasteiger partial charge is 0.390 e. The summed E-state index contributed by atoms with van der Waals surface area (Å²) >= 11 is 0. The zero-order valence-electron chi connectivity index (χ0n) is 19.2. The normalized spacial score (nSPS) is 50.4. The van der Waals surface area contributed by atoms with Gasteiger partial charge in [-0.05, 0) is 132 Å². The maximum absolute atomic E-state index is 10.6. The summed E-state index contributed by atoms with van der Waals surface area (Å²) in [5, 5.41) is 10.6. The number of likely N-dealkylation sites (tertiary alicyclic amines) is 1. The molecule has 0 aromatic rings. The van der Waals surface area contributed by atoms with E-state index >= 15 is 0 Å². The first-order chi connectivity index (χ1) is 13.9. The molecular weight excluding hydrogens is 354 g/mol. The van der Waals surface area contributed by atoms with Crippen molar-refractivity contribution >= 4 is 0 Å². The molecule has 164 valence electrons. The van der Waals surface area contributed by atoms with Gasteiger partial charge >= 0.3 is 0 Å². The number of nitrogens with zero attached hydrogens (tertiary/aromatic N) is 1. The van der Waals surface area contributed by atoms with Crippen molar-refractivity contribution in [1.82, 2.24) is 4.90 Å². The molecule has 2 nitrogen and oxygen atoms in total. The Kier molecular flexibility index (Phi) is 5.43. The van der Waals surface area contributed by atoms with Crippen LogP contribution in [-0.4, -0.2) is 35.2 Å². The first-order valence-corrected chi connectivity index (χ1v) is 13.0. The van der Waals surface area contributed by atoms with Crippen LogP contribution in [0.1, 0.15) is 90.9 Å². The maximum Gasteiger partial charge on any atom is 0.0622 e. The van der Waals surface area contributed by atoms with Crippen molar-refractivity contribution in [1.29, 1.82) is 0 Å². The van der Waals surface area contributed by atoms with Gasteiger partial charge in [0.15, 0.2) is 0 Å². The molecular formula is C27H45NO. The standard InChI is InChI=1S/C27H45NO/c1-19(18-28-15-5-4-6-16-28)24-9-10-25-23-8-7-20-17-26(2,29)13-11-21(20)22(23)12-14-27(24,25)3/h20-25,29H,1,4-18H2,2-3H3/t20-,21-,22+,23+,24+,25-,26+,27+/m0/s1. The molecule has 0 amide bonds. The summed E-state index contributed by atoms with van der Waals surface area (Å²) in [4.78, 5) is 2.69. The summed E-state index contributed by atoms with van der Waals surface area (Å²) in [5.41, 5.74) is 1.70. The lowest BCUT2D eigenvalue weighted by molar-refractivity contribution is -0.0979. The molecule has 29 heavy (non-hydrogen) atoms.